The second kappa shape index (κ2) is 12.9. The highest BCUT2D eigenvalue weighted by molar-refractivity contribution is 5.73. The van der Waals surface area contributed by atoms with Crippen molar-refractivity contribution >= 4 is 23.3 Å². The van der Waals surface area contributed by atoms with E-state index in [0.717, 1.165) is 18.2 Å². The number of fused-ring (bicyclic) bond motifs is 1. The summed E-state index contributed by atoms with van der Waals surface area (Å²) in [6, 6.07) is 6.78. The molecule has 2 N–H and O–H groups in total. The molecule has 0 spiro atoms. The van der Waals surface area contributed by atoms with E-state index in [4.69, 9.17) is 14.6 Å². The van der Waals surface area contributed by atoms with Crippen LogP contribution in [-0.2, 0) is 30.0 Å². The van der Waals surface area contributed by atoms with Crippen molar-refractivity contribution in [2.24, 2.45) is 0 Å². The van der Waals surface area contributed by atoms with Crippen LogP contribution in [0.4, 0.5) is 56.8 Å². The highest BCUT2D eigenvalue weighted by atomic mass is 19.4. The van der Waals surface area contributed by atoms with Gasteiger partial charge in [0.2, 0.25) is 0 Å². The van der Waals surface area contributed by atoms with E-state index in [1.54, 1.807) is 18.7 Å². The predicted octanol–water partition coefficient (Wildman–Crippen LogP) is 6.68. The van der Waals surface area contributed by atoms with E-state index in [1.807, 2.05) is 0 Å². The zero-order chi connectivity index (χ0) is 32.2. The molecule has 234 valence electrons. The van der Waals surface area contributed by atoms with Crippen LogP contribution in [-0.4, -0.2) is 51.4 Å². The molecule has 1 aliphatic heterocycles. The zero-order valence-corrected chi connectivity index (χ0v) is 22.4. The second-order valence-electron chi connectivity index (χ2n) is 9.31. The number of nitrogens with one attached hydrogen (secondary N) is 1. The van der Waals surface area contributed by atoms with Gasteiger partial charge in [-0.2, -0.15) is 49.5 Å². The van der Waals surface area contributed by atoms with Crippen molar-refractivity contribution in [3.8, 4) is 6.01 Å². The summed E-state index contributed by atoms with van der Waals surface area (Å²) in [7, 11) is 0. The summed E-state index contributed by atoms with van der Waals surface area (Å²) in [5.41, 5.74) is -0.0107. The third-order valence-corrected chi connectivity index (χ3v) is 5.77. The van der Waals surface area contributed by atoms with Crippen LogP contribution >= 0.6 is 0 Å². The molecule has 0 saturated carbocycles. The van der Waals surface area contributed by atoms with Crippen LogP contribution in [0, 0.1) is 0 Å². The topological polar surface area (TPSA) is 100 Å². The monoisotopic (exact) mass is 625 g/mol. The smallest absolute Gasteiger partial charge is 0.475 e. The summed E-state index contributed by atoms with van der Waals surface area (Å²) in [6.45, 7) is 4.02. The molecule has 8 nitrogen and oxygen atoms in total. The van der Waals surface area contributed by atoms with E-state index in [9.17, 15) is 39.5 Å². The van der Waals surface area contributed by atoms with E-state index in [1.165, 1.54) is 24.4 Å². The highest BCUT2D eigenvalue weighted by Gasteiger charge is 2.38. The molecule has 0 radical (unpaired) electrons. The van der Waals surface area contributed by atoms with Crippen molar-refractivity contribution in [3.63, 3.8) is 0 Å². The van der Waals surface area contributed by atoms with Gasteiger partial charge in [-0.15, -0.1) is 0 Å². The van der Waals surface area contributed by atoms with Crippen LogP contribution in [0.1, 0.15) is 36.2 Å². The van der Waals surface area contributed by atoms with Gasteiger partial charge in [-0.3, -0.25) is 0 Å². The van der Waals surface area contributed by atoms with Gasteiger partial charge in [-0.25, -0.2) is 9.78 Å². The summed E-state index contributed by atoms with van der Waals surface area (Å²) >= 11 is 0. The predicted molar refractivity (Wildman–Crippen MR) is 135 cm³/mol. The lowest BCUT2D eigenvalue weighted by molar-refractivity contribution is -0.192. The van der Waals surface area contributed by atoms with Gasteiger partial charge >= 0.3 is 30.5 Å². The fourth-order valence-corrected chi connectivity index (χ4v) is 3.90. The molecule has 1 aromatic carbocycles. The van der Waals surface area contributed by atoms with Gasteiger partial charge in [0.15, 0.2) is 0 Å². The number of alkyl halides is 9. The van der Waals surface area contributed by atoms with E-state index in [-0.39, 0.29) is 37.4 Å². The van der Waals surface area contributed by atoms with Crippen molar-refractivity contribution in [1.82, 2.24) is 15.0 Å². The average molecular weight is 625 g/mol. The molecule has 0 bridgehead atoms. The maximum Gasteiger partial charge on any atom is 0.490 e. The normalized spacial score (nSPS) is 13.9. The minimum absolute atomic E-state index is 0.0698. The van der Waals surface area contributed by atoms with Crippen molar-refractivity contribution in [2.75, 3.05) is 23.3 Å². The third kappa shape index (κ3) is 9.09. The lowest BCUT2D eigenvalue weighted by Crippen LogP contribution is -2.29. The van der Waals surface area contributed by atoms with Crippen molar-refractivity contribution in [3.05, 3.63) is 65.0 Å². The Balaban J connectivity index is 0.000000646. The second-order valence-corrected chi connectivity index (χ2v) is 9.31. The quantitative estimate of drug-likeness (QED) is 0.303. The summed E-state index contributed by atoms with van der Waals surface area (Å²) in [4.78, 5) is 23.3. The van der Waals surface area contributed by atoms with E-state index in [0.29, 0.717) is 29.2 Å². The summed E-state index contributed by atoms with van der Waals surface area (Å²) < 4.78 is 117. The number of pyridine rings is 1. The molecule has 0 saturated heterocycles. The lowest BCUT2D eigenvalue weighted by Gasteiger charge is -2.24. The van der Waals surface area contributed by atoms with E-state index in [2.05, 4.69) is 20.3 Å². The minimum atomic E-state index is -5.08. The van der Waals surface area contributed by atoms with Crippen LogP contribution in [0.3, 0.4) is 0 Å². The number of carboxylic acid groups (broad SMARTS) is 1. The number of ether oxygens (including phenoxy) is 1. The van der Waals surface area contributed by atoms with Crippen molar-refractivity contribution in [2.45, 2.75) is 51.3 Å². The number of halogens is 9. The van der Waals surface area contributed by atoms with E-state index < -0.39 is 35.6 Å². The molecule has 2 aromatic heterocycles. The zero-order valence-electron chi connectivity index (χ0n) is 22.4. The van der Waals surface area contributed by atoms with Gasteiger partial charge in [0.05, 0.1) is 22.9 Å². The molecular weight excluding hydrogens is 601 g/mol. The molecule has 4 rings (SSSR count). The van der Waals surface area contributed by atoms with Crippen LogP contribution < -0.4 is 15.0 Å². The number of aliphatic carboxylic acids is 1. The number of rotatable bonds is 5. The van der Waals surface area contributed by atoms with Gasteiger partial charge in [0.25, 0.3) is 0 Å². The molecule has 17 heteroatoms. The number of anilines is 3. The summed E-state index contributed by atoms with van der Waals surface area (Å²) in [5.74, 6) is -2.59. The summed E-state index contributed by atoms with van der Waals surface area (Å²) in [6.07, 6.45) is -12.5. The number of benzene rings is 1. The first-order valence-electron chi connectivity index (χ1n) is 12.4. The molecular formula is C26H24F9N5O3. The third-order valence-electron chi connectivity index (χ3n) is 5.77. The molecule has 0 atom stereocenters. The largest absolute Gasteiger partial charge is 0.490 e. The maximum absolute atomic E-state index is 13.6. The van der Waals surface area contributed by atoms with Crippen molar-refractivity contribution in [1.29, 1.82) is 0 Å². The molecule has 1 aliphatic rings. The van der Waals surface area contributed by atoms with Crippen molar-refractivity contribution < 1.29 is 54.2 Å². The lowest BCUT2D eigenvalue weighted by atomic mass is 10.1. The van der Waals surface area contributed by atoms with Crippen LogP contribution in [0.15, 0.2) is 42.6 Å². The van der Waals surface area contributed by atoms with Gasteiger partial charge < -0.3 is 20.1 Å². The van der Waals surface area contributed by atoms with E-state index >= 15 is 0 Å². The standard InChI is InChI=1S/C24H23F6N5O.C2HF3O2/c1-14(2)36-22-33-19-10-13-35(21-18(24(28,29)30)4-3-11-31-21)12-9-17(19)20(34-22)32-16-7-5-15(6-8-16)23(25,26)27;3-2(4,5)1(6)7/h3-8,11,14H,9-10,12-13H2,1-2H3,(H,32,33,34);(H,6,7). The van der Waals surface area contributed by atoms with Gasteiger partial charge in [0.1, 0.15) is 11.6 Å². The first-order valence-corrected chi connectivity index (χ1v) is 12.4. The number of carboxylic acids is 1. The number of hydrogen-bond acceptors (Lipinski definition) is 7. The number of aromatic nitrogens is 3. The fraction of sp³-hybridized carbons (Fsp3) is 0.385. The first kappa shape index (κ1) is 33.2. The Morgan fingerprint density at radius 3 is 2.07 bits per heavy atom. The Morgan fingerprint density at radius 1 is 0.930 bits per heavy atom. The van der Waals surface area contributed by atoms with Gasteiger partial charge in [-0.05, 0) is 56.7 Å². The Bertz CT molecular complexity index is 1410. The van der Waals surface area contributed by atoms with Crippen LogP contribution in [0.25, 0.3) is 0 Å². The Morgan fingerprint density at radius 2 is 1.53 bits per heavy atom. The first-order chi connectivity index (χ1) is 19.9. The minimum Gasteiger partial charge on any atom is -0.475 e. The average Bonchev–Trinajstić information content (AvgIpc) is 3.10. The Labute approximate surface area is 238 Å². The Kier molecular flexibility index (Phi) is 9.97. The molecule has 0 fully saturated rings. The fourth-order valence-electron chi connectivity index (χ4n) is 3.90. The number of nitrogens with zero attached hydrogens (tertiary/aromatic N) is 4. The van der Waals surface area contributed by atoms with Crippen LogP contribution in [0.2, 0.25) is 0 Å². The molecule has 0 unspecified atom stereocenters. The highest BCUT2D eigenvalue weighted by Crippen LogP contribution is 2.37. The number of hydrogen-bond donors (Lipinski definition) is 2. The molecule has 3 aromatic rings. The molecule has 0 amide bonds. The van der Waals surface area contributed by atoms with Gasteiger partial charge in [0, 0.05) is 37.0 Å². The van der Waals surface area contributed by atoms with Gasteiger partial charge in [-0.1, -0.05) is 0 Å². The Hall–Kier alpha value is -4.31. The molecule has 3 heterocycles. The molecule has 0 aliphatic carbocycles. The van der Waals surface area contributed by atoms with Crippen LogP contribution in [0.5, 0.6) is 6.01 Å². The molecule has 43 heavy (non-hydrogen) atoms. The number of carbonyl (C=O) groups is 1. The maximum atomic E-state index is 13.6. The summed E-state index contributed by atoms with van der Waals surface area (Å²) in [5, 5.41) is 10.2. The SMILES string of the molecule is CC(C)Oc1nc2c(c(Nc3ccc(C(F)(F)F)cc3)n1)CCN(c1ncccc1C(F)(F)F)CC2.O=C(O)C(F)(F)F.